The second-order valence-corrected chi connectivity index (χ2v) is 6.49. The van der Waals surface area contributed by atoms with E-state index < -0.39 is 22.0 Å². The monoisotopic (exact) mass is 302 g/mol. The van der Waals surface area contributed by atoms with Crippen molar-refractivity contribution in [3.8, 4) is 0 Å². The maximum atomic E-state index is 10.4. The number of hydrogen-bond donors (Lipinski definition) is 1. The Bertz CT molecular complexity index is 280. The smallest absolute Gasteiger partial charge is 0.748 e. The zero-order valence-corrected chi connectivity index (χ0v) is 15.3. The molecule has 1 N–H and O–H groups in total. The predicted molar refractivity (Wildman–Crippen MR) is 72.4 cm³/mol. The van der Waals surface area contributed by atoms with Crippen LogP contribution >= 0.6 is 0 Å². The van der Waals surface area contributed by atoms with E-state index in [4.69, 9.17) is 0 Å². The minimum absolute atomic E-state index is 0. The van der Waals surface area contributed by atoms with Crippen LogP contribution in [0.4, 0.5) is 0 Å². The second kappa shape index (κ2) is 13.8. The maximum absolute atomic E-state index is 10.4. The van der Waals surface area contributed by atoms with Crippen molar-refractivity contribution in [2.75, 3.05) is 5.75 Å². The molecule has 0 rings (SSSR count). The zero-order chi connectivity index (χ0) is 13.9. The normalized spacial score (nSPS) is 13.0. The molecule has 0 aromatic heterocycles. The van der Waals surface area contributed by atoms with Gasteiger partial charge in [-0.15, -0.1) is 0 Å². The van der Waals surface area contributed by atoms with Crippen LogP contribution < -0.4 is 29.6 Å². The first-order valence-corrected chi connectivity index (χ1v) is 8.65. The third-order valence-corrected chi connectivity index (χ3v) is 3.83. The van der Waals surface area contributed by atoms with E-state index >= 15 is 0 Å². The van der Waals surface area contributed by atoms with E-state index in [0.29, 0.717) is 6.42 Å². The molecule has 0 aromatic rings. The van der Waals surface area contributed by atoms with Crippen molar-refractivity contribution in [3.05, 3.63) is 0 Å². The summed E-state index contributed by atoms with van der Waals surface area (Å²) < 4.78 is 31.1. The summed E-state index contributed by atoms with van der Waals surface area (Å²) in [5.41, 5.74) is 0. The molecule has 0 amide bonds. The van der Waals surface area contributed by atoms with E-state index in [2.05, 4.69) is 6.92 Å². The Labute approximate surface area is 140 Å². The zero-order valence-electron chi connectivity index (χ0n) is 12.4. The van der Waals surface area contributed by atoms with Gasteiger partial charge in [0.05, 0.1) is 16.2 Å². The van der Waals surface area contributed by atoms with Crippen molar-refractivity contribution in [2.45, 2.75) is 77.2 Å². The third kappa shape index (κ3) is 18.9. The quantitative estimate of drug-likeness (QED) is 0.308. The molecule has 0 spiro atoms. The molecule has 0 aliphatic rings. The molecule has 6 heteroatoms. The topological polar surface area (TPSA) is 77.4 Å². The van der Waals surface area contributed by atoms with Crippen molar-refractivity contribution < 1.29 is 47.6 Å². The fraction of sp³-hybridized carbons (Fsp3) is 1.00. The molecule has 1 unspecified atom stereocenters. The summed E-state index contributed by atoms with van der Waals surface area (Å²) in [4.78, 5) is 0. The van der Waals surface area contributed by atoms with Gasteiger partial charge in [-0.05, 0) is 12.8 Å². The SMILES string of the molecule is CCCCCCCCCCC(O)CCS(=O)(=O)[O-].[Na+]. The Morgan fingerprint density at radius 2 is 1.42 bits per heavy atom. The van der Waals surface area contributed by atoms with Gasteiger partial charge in [0.15, 0.2) is 0 Å². The van der Waals surface area contributed by atoms with E-state index in [0.717, 1.165) is 12.8 Å². The Morgan fingerprint density at radius 3 is 1.89 bits per heavy atom. The standard InChI is InChI=1S/C13H28O4S.Na/c1-2-3-4-5-6-7-8-9-10-13(14)11-12-18(15,16)17;/h13-14H,2-12H2,1H3,(H,15,16,17);/q;+1/p-1. The summed E-state index contributed by atoms with van der Waals surface area (Å²) in [6.07, 6.45) is 9.59. The molecule has 19 heavy (non-hydrogen) atoms. The minimum Gasteiger partial charge on any atom is -0.748 e. The predicted octanol–water partition coefficient (Wildman–Crippen LogP) is -0.183. The summed E-state index contributed by atoms with van der Waals surface area (Å²) >= 11 is 0. The molecule has 110 valence electrons. The van der Waals surface area contributed by atoms with Gasteiger partial charge in [0.1, 0.15) is 0 Å². The van der Waals surface area contributed by atoms with Crippen LogP contribution in [0.15, 0.2) is 0 Å². The second-order valence-electron chi connectivity index (χ2n) is 4.97. The molecule has 0 heterocycles. The fourth-order valence-corrected chi connectivity index (χ4v) is 2.50. The number of hydrogen-bond acceptors (Lipinski definition) is 4. The molecule has 0 fully saturated rings. The van der Waals surface area contributed by atoms with Crippen LogP contribution in [-0.2, 0) is 10.1 Å². The van der Waals surface area contributed by atoms with Crippen molar-refractivity contribution >= 4 is 10.1 Å². The summed E-state index contributed by atoms with van der Waals surface area (Å²) in [5.74, 6) is -0.453. The van der Waals surface area contributed by atoms with Crippen LogP contribution in [0.5, 0.6) is 0 Å². The Kier molecular flexibility index (Phi) is 16.1. The van der Waals surface area contributed by atoms with E-state index in [9.17, 15) is 18.1 Å². The average molecular weight is 302 g/mol. The van der Waals surface area contributed by atoms with Crippen LogP contribution in [-0.4, -0.2) is 29.9 Å². The third-order valence-electron chi connectivity index (χ3n) is 3.09. The van der Waals surface area contributed by atoms with Crippen molar-refractivity contribution in [1.29, 1.82) is 0 Å². The van der Waals surface area contributed by atoms with Crippen LogP contribution in [0.1, 0.15) is 71.1 Å². The van der Waals surface area contributed by atoms with Crippen molar-refractivity contribution in [2.24, 2.45) is 0 Å². The van der Waals surface area contributed by atoms with Gasteiger partial charge >= 0.3 is 29.6 Å². The summed E-state index contributed by atoms with van der Waals surface area (Å²) in [5, 5.41) is 9.48. The van der Waals surface area contributed by atoms with Crippen LogP contribution in [0.25, 0.3) is 0 Å². The van der Waals surface area contributed by atoms with Crippen LogP contribution in [0.2, 0.25) is 0 Å². The molecular weight excluding hydrogens is 275 g/mol. The van der Waals surface area contributed by atoms with Crippen molar-refractivity contribution in [3.63, 3.8) is 0 Å². The van der Waals surface area contributed by atoms with E-state index in [1.807, 2.05) is 0 Å². The van der Waals surface area contributed by atoms with Gasteiger partial charge < -0.3 is 9.66 Å². The molecule has 0 saturated heterocycles. The molecule has 0 radical (unpaired) electrons. The van der Waals surface area contributed by atoms with Gasteiger partial charge in [-0.2, -0.15) is 0 Å². The summed E-state index contributed by atoms with van der Waals surface area (Å²) in [6, 6.07) is 0. The number of rotatable bonds is 12. The van der Waals surface area contributed by atoms with Crippen LogP contribution in [0, 0.1) is 0 Å². The van der Waals surface area contributed by atoms with Gasteiger partial charge in [-0.25, -0.2) is 8.42 Å². The molecule has 0 aliphatic carbocycles. The first kappa shape index (κ1) is 22.2. The Hall–Kier alpha value is 0.870. The molecule has 0 aromatic carbocycles. The molecule has 1 atom stereocenters. The maximum Gasteiger partial charge on any atom is 1.00 e. The molecular formula is C13H27NaO4S. The van der Waals surface area contributed by atoms with E-state index in [1.54, 1.807) is 0 Å². The fourth-order valence-electron chi connectivity index (χ4n) is 1.94. The van der Waals surface area contributed by atoms with E-state index in [-0.39, 0.29) is 36.0 Å². The Morgan fingerprint density at radius 1 is 0.947 bits per heavy atom. The average Bonchev–Trinajstić information content (AvgIpc) is 2.29. The molecule has 0 aliphatic heterocycles. The van der Waals surface area contributed by atoms with Gasteiger partial charge in [0.25, 0.3) is 0 Å². The molecule has 0 bridgehead atoms. The van der Waals surface area contributed by atoms with Crippen molar-refractivity contribution in [1.82, 2.24) is 0 Å². The number of aliphatic hydroxyl groups is 1. The van der Waals surface area contributed by atoms with Gasteiger partial charge in [-0.1, -0.05) is 58.3 Å². The largest absolute Gasteiger partial charge is 1.00 e. The first-order chi connectivity index (χ1) is 8.45. The van der Waals surface area contributed by atoms with Crippen LogP contribution in [0.3, 0.4) is 0 Å². The van der Waals surface area contributed by atoms with Gasteiger partial charge in [0, 0.05) is 5.75 Å². The van der Waals surface area contributed by atoms with Gasteiger partial charge in [-0.3, -0.25) is 0 Å². The summed E-state index contributed by atoms with van der Waals surface area (Å²) in [7, 11) is -4.18. The number of aliphatic hydroxyl groups excluding tert-OH is 1. The van der Waals surface area contributed by atoms with Gasteiger partial charge in [0.2, 0.25) is 0 Å². The molecule has 0 saturated carbocycles. The van der Waals surface area contributed by atoms with E-state index in [1.165, 1.54) is 38.5 Å². The first-order valence-electron chi connectivity index (χ1n) is 7.07. The Balaban J connectivity index is 0. The molecule has 4 nitrogen and oxygen atoms in total. The summed E-state index contributed by atoms with van der Waals surface area (Å²) in [6.45, 7) is 2.20. The number of unbranched alkanes of at least 4 members (excludes halogenated alkanes) is 7. The minimum atomic E-state index is -4.18.